The van der Waals surface area contributed by atoms with Gasteiger partial charge in [-0.05, 0) is 43.4 Å². The van der Waals surface area contributed by atoms with Crippen LogP contribution in [-0.2, 0) is 5.60 Å². The molecule has 3 nitrogen and oxygen atoms in total. The molecule has 0 aliphatic rings. The minimum atomic E-state index is -0.973. The predicted molar refractivity (Wildman–Crippen MR) is 73.0 cm³/mol. The Morgan fingerprint density at radius 3 is 2.50 bits per heavy atom. The third-order valence-corrected chi connectivity index (χ3v) is 3.29. The van der Waals surface area contributed by atoms with E-state index < -0.39 is 5.60 Å². The van der Waals surface area contributed by atoms with Crippen molar-refractivity contribution in [3.8, 4) is 5.75 Å². The van der Waals surface area contributed by atoms with Crippen LogP contribution < -0.4 is 4.74 Å². The molecule has 1 rings (SSSR count). The molecule has 1 unspecified atom stereocenters. The van der Waals surface area contributed by atoms with Gasteiger partial charge in [-0.2, -0.15) is 0 Å². The third kappa shape index (κ3) is 3.47. The quantitative estimate of drug-likeness (QED) is 0.818. The van der Waals surface area contributed by atoms with Crippen molar-refractivity contribution < 1.29 is 14.9 Å². The van der Waals surface area contributed by atoms with Crippen molar-refractivity contribution in [3.63, 3.8) is 0 Å². The van der Waals surface area contributed by atoms with Crippen LogP contribution in [0.4, 0.5) is 0 Å². The van der Waals surface area contributed by atoms with Crippen LogP contribution in [0, 0.1) is 0 Å². The average molecular weight is 252 g/mol. The van der Waals surface area contributed by atoms with E-state index in [-0.39, 0.29) is 6.61 Å². The first kappa shape index (κ1) is 15.0. The number of hydrogen-bond acceptors (Lipinski definition) is 3. The van der Waals surface area contributed by atoms with Crippen molar-refractivity contribution in [1.29, 1.82) is 0 Å². The molecule has 1 aromatic carbocycles. The molecule has 0 aliphatic heterocycles. The molecule has 0 radical (unpaired) electrons. The van der Waals surface area contributed by atoms with Crippen molar-refractivity contribution in [2.45, 2.75) is 45.1 Å². The van der Waals surface area contributed by atoms with E-state index in [0.717, 1.165) is 5.56 Å². The highest BCUT2D eigenvalue weighted by Crippen LogP contribution is 2.35. The Balaban J connectivity index is 3.14. The molecule has 0 aliphatic carbocycles. The summed E-state index contributed by atoms with van der Waals surface area (Å²) < 4.78 is 5.32. The monoisotopic (exact) mass is 252 g/mol. The summed E-state index contributed by atoms with van der Waals surface area (Å²) in [6, 6.07) is 5.92. The number of ether oxygens (including phenoxy) is 1. The SMILES string of the molecule is COc1ccc(C(C)C)cc1C(C)(O)CCCO. The molecule has 2 N–H and O–H groups in total. The summed E-state index contributed by atoms with van der Waals surface area (Å²) in [6.07, 6.45) is 1.09. The Morgan fingerprint density at radius 1 is 1.33 bits per heavy atom. The summed E-state index contributed by atoms with van der Waals surface area (Å²) in [6.45, 7) is 6.09. The van der Waals surface area contributed by atoms with Gasteiger partial charge in [0.15, 0.2) is 0 Å². The van der Waals surface area contributed by atoms with E-state index in [4.69, 9.17) is 9.84 Å². The van der Waals surface area contributed by atoms with Gasteiger partial charge in [0, 0.05) is 12.2 Å². The molecule has 3 heteroatoms. The predicted octanol–water partition coefficient (Wildman–Crippen LogP) is 2.80. The molecule has 102 valence electrons. The van der Waals surface area contributed by atoms with Gasteiger partial charge in [-0.3, -0.25) is 0 Å². The summed E-state index contributed by atoms with van der Waals surface area (Å²) in [5.41, 5.74) is 0.999. The number of aliphatic hydroxyl groups is 2. The number of methoxy groups -OCH3 is 1. The minimum absolute atomic E-state index is 0.0857. The lowest BCUT2D eigenvalue weighted by Crippen LogP contribution is -2.22. The van der Waals surface area contributed by atoms with Crippen LogP contribution in [-0.4, -0.2) is 23.9 Å². The fourth-order valence-corrected chi connectivity index (χ4v) is 2.06. The molecular weight excluding hydrogens is 228 g/mol. The van der Waals surface area contributed by atoms with Crippen LogP contribution in [0.25, 0.3) is 0 Å². The van der Waals surface area contributed by atoms with E-state index in [1.54, 1.807) is 14.0 Å². The van der Waals surface area contributed by atoms with Crippen molar-refractivity contribution in [2.24, 2.45) is 0 Å². The highest BCUT2D eigenvalue weighted by atomic mass is 16.5. The Labute approximate surface area is 109 Å². The standard InChI is InChI=1S/C15H24O3/c1-11(2)12-6-7-14(18-4)13(10-12)15(3,17)8-5-9-16/h6-7,10-11,16-17H,5,8-9H2,1-4H3. The lowest BCUT2D eigenvalue weighted by atomic mass is 9.87. The van der Waals surface area contributed by atoms with Gasteiger partial charge in [-0.25, -0.2) is 0 Å². The molecule has 1 atom stereocenters. The Kier molecular flexibility index (Phi) is 5.17. The second kappa shape index (κ2) is 6.21. The maximum Gasteiger partial charge on any atom is 0.124 e. The Morgan fingerprint density at radius 2 is 2.00 bits per heavy atom. The molecule has 18 heavy (non-hydrogen) atoms. The number of hydrogen-bond donors (Lipinski definition) is 2. The summed E-state index contributed by atoms with van der Waals surface area (Å²) in [5, 5.41) is 19.4. The summed E-state index contributed by atoms with van der Waals surface area (Å²) in [7, 11) is 1.61. The van der Waals surface area contributed by atoms with Crippen LogP contribution in [0.1, 0.15) is 50.7 Å². The zero-order valence-corrected chi connectivity index (χ0v) is 11.7. The van der Waals surface area contributed by atoms with Crippen molar-refractivity contribution in [3.05, 3.63) is 29.3 Å². The first-order valence-electron chi connectivity index (χ1n) is 6.44. The highest BCUT2D eigenvalue weighted by Gasteiger charge is 2.26. The van der Waals surface area contributed by atoms with E-state index in [9.17, 15) is 5.11 Å². The molecule has 0 saturated heterocycles. The van der Waals surface area contributed by atoms with Crippen molar-refractivity contribution in [2.75, 3.05) is 13.7 Å². The largest absolute Gasteiger partial charge is 0.496 e. The lowest BCUT2D eigenvalue weighted by Gasteiger charge is -2.26. The number of rotatable bonds is 6. The first-order chi connectivity index (χ1) is 8.42. The van der Waals surface area contributed by atoms with Crippen LogP contribution in [0.5, 0.6) is 5.75 Å². The van der Waals surface area contributed by atoms with Gasteiger partial charge in [-0.15, -0.1) is 0 Å². The third-order valence-electron chi connectivity index (χ3n) is 3.29. The summed E-state index contributed by atoms with van der Waals surface area (Å²) in [5.74, 6) is 1.10. The fourth-order valence-electron chi connectivity index (χ4n) is 2.06. The van der Waals surface area contributed by atoms with E-state index in [1.807, 2.05) is 18.2 Å². The topological polar surface area (TPSA) is 49.7 Å². The average Bonchev–Trinajstić information content (AvgIpc) is 2.35. The van der Waals surface area contributed by atoms with Crippen molar-refractivity contribution >= 4 is 0 Å². The van der Waals surface area contributed by atoms with Crippen LogP contribution >= 0.6 is 0 Å². The highest BCUT2D eigenvalue weighted by molar-refractivity contribution is 5.41. The minimum Gasteiger partial charge on any atom is -0.496 e. The van der Waals surface area contributed by atoms with Gasteiger partial charge < -0.3 is 14.9 Å². The maximum absolute atomic E-state index is 10.5. The van der Waals surface area contributed by atoms with Gasteiger partial charge in [0.05, 0.1) is 12.7 Å². The molecule has 0 amide bonds. The van der Waals surface area contributed by atoms with Crippen LogP contribution in [0.3, 0.4) is 0 Å². The molecule has 0 heterocycles. The Hall–Kier alpha value is -1.06. The molecular formula is C15H24O3. The number of benzene rings is 1. The van der Waals surface area contributed by atoms with Gasteiger partial charge in [-0.1, -0.05) is 19.9 Å². The zero-order chi connectivity index (χ0) is 13.8. The fraction of sp³-hybridized carbons (Fsp3) is 0.600. The van der Waals surface area contributed by atoms with Gasteiger partial charge in [0.2, 0.25) is 0 Å². The summed E-state index contributed by atoms with van der Waals surface area (Å²) in [4.78, 5) is 0. The van der Waals surface area contributed by atoms with E-state index in [2.05, 4.69) is 13.8 Å². The molecule has 0 saturated carbocycles. The van der Waals surface area contributed by atoms with Gasteiger partial charge in [0.1, 0.15) is 5.75 Å². The van der Waals surface area contributed by atoms with Crippen LogP contribution in [0.2, 0.25) is 0 Å². The van der Waals surface area contributed by atoms with Gasteiger partial charge >= 0.3 is 0 Å². The van der Waals surface area contributed by atoms with Gasteiger partial charge in [0.25, 0.3) is 0 Å². The second-order valence-corrected chi connectivity index (χ2v) is 5.22. The first-order valence-corrected chi connectivity index (χ1v) is 6.44. The van der Waals surface area contributed by atoms with E-state index in [1.165, 1.54) is 5.56 Å². The molecule has 1 aromatic rings. The molecule has 0 spiro atoms. The lowest BCUT2D eigenvalue weighted by molar-refractivity contribution is 0.0379. The molecule has 0 fully saturated rings. The van der Waals surface area contributed by atoms with Crippen LogP contribution in [0.15, 0.2) is 18.2 Å². The second-order valence-electron chi connectivity index (χ2n) is 5.22. The molecule has 0 aromatic heterocycles. The molecule has 0 bridgehead atoms. The maximum atomic E-state index is 10.5. The Bertz CT molecular complexity index is 383. The van der Waals surface area contributed by atoms with E-state index in [0.29, 0.717) is 24.5 Å². The summed E-state index contributed by atoms with van der Waals surface area (Å²) >= 11 is 0. The van der Waals surface area contributed by atoms with Crippen molar-refractivity contribution in [1.82, 2.24) is 0 Å². The number of aliphatic hydroxyl groups excluding tert-OH is 1. The normalized spacial score (nSPS) is 14.6. The van der Waals surface area contributed by atoms with E-state index >= 15 is 0 Å². The smallest absolute Gasteiger partial charge is 0.124 e. The zero-order valence-electron chi connectivity index (χ0n) is 11.7.